The van der Waals surface area contributed by atoms with Crippen molar-refractivity contribution in [1.82, 2.24) is 0 Å². The second-order valence-electron chi connectivity index (χ2n) is 3.72. The van der Waals surface area contributed by atoms with Crippen molar-refractivity contribution in [1.29, 1.82) is 0 Å². The standard InChI is InChI=1S/C14H14O3/c1-16-9-8-11-4-2-3-5-13(11)14-7-6-12(10-15)17-14/h2-7,10H,8-9H2,1H3. The van der Waals surface area contributed by atoms with Crippen LogP contribution >= 0.6 is 0 Å². The maximum Gasteiger partial charge on any atom is 0.185 e. The van der Waals surface area contributed by atoms with Crippen LogP contribution in [0.15, 0.2) is 40.8 Å². The number of carbonyl (C=O) groups is 1. The Bertz CT molecular complexity index is 500. The summed E-state index contributed by atoms with van der Waals surface area (Å²) < 4.78 is 10.5. The first kappa shape index (κ1) is 11.6. The van der Waals surface area contributed by atoms with Crippen molar-refractivity contribution in [2.75, 3.05) is 13.7 Å². The summed E-state index contributed by atoms with van der Waals surface area (Å²) in [5.74, 6) is 1.07. The maximum atomic E-state index is 10.6. The van der Waals surface area contributed by atoms with E-state index in [1.165, 1.54) is 0 Å². The molecule has 0 aliphatic rings. The molecule has 0 amide bonds. The molecular weight excluding hydrogens is 216 g/mol. The van der Waals surface area contributed by atoms with Gasteiger partial charge in [0.1, 0.15) is 5.76 Å². The lowest BCUT2D eigenvalue weighted by Crippen LogP contribution is -1.96. The van der Waals surface area contributed by atoms with Crippen molar-refractivity contribution >= 4 is 6.29 Å². The smallest absolute Gasteiger partial charge is 0.185 e. The minimum Gasteiger partial charge on any atom is -0.453 e. The molecule has 1 aromatic carbocycles. The molecule has 3 heteroatoms. The summed E-state index contributed by atoms with van der Waals surface area (Å²) in [6.07, 6.45) is 1.53. The quantitative estimate of drug-likeness (QED) is 0.741. The van der Waals surface area contributed by atoms with Crippen LogP contribution in [0.3, 0.4) is 0 Å². The number of carbonyl (C=O) groups excluding carboxylic acids is 1. The molecule has 0 spiro atoms. The van der Waals surface area contributed by atoms with Crippen molar-refractivity contribution in [2.45, 2.75) is 6.42 Å². The van der Waals surface area contributed by atoms with Crippen LogP contribution in [0.5, 0.6) is 0 Å². The molecule has 1 heterocycles. The fraction of sp³-hybridized carbons (Fsp3) is 0.214. The van der Waals surface area contributed by atoms with Crippen molar-refractivity contribution in [3.63, 3.8) is 0 Å². The van der Waals surface area contributed by atoms with E-state index in [1.54, 1.807) is 13.2 Å². The fourth-order valence-electron chi connectivity index (χ4n) is 1.75. The van der Waals surface area contributed by atoms with E-state index in [0.29, 0.717) is 18.7 Å². The van der Waals surface area contributed by atoms with Crippen LogP contribution in [0.4, 0.5) is 0 Å². The minimum absolute atomic E-state index is 0.349. The number of hydrogen-bond acceptors (Lipinski definition) is 3. The lowest BCUT2D eigenvalue weighted by Gasteiger charge is -2.06. The highest BCUT2D eigenvalue weighted by atomic mass is 16.5. The Hall–Kier alpha value is -1.87. The summed E-state index contributed by atoms with van der Waals surface area (Å²) >= 11 is 0. The topological polar surface area (TPSA) is 39.4 Å². The van der Waals surface area contributed by atoms with E-state index in [4.69, 9.17) is 9.15 Å². The molecular formula is C14H14O3. The Morgan fingerprint density at radius 3 is 2.76 bits per heavy atom. The van der Waals surface area contributed by atoms with Gasteiger partial charge >= 0.3 is 0 Å². The molecule has 2 aromatic rings. The number of hydrogen-bond donors (Lipinski definition) is 0. The van der Waals surface area contributed by atoms with Crippen LogP contribution in [0.2, 0.25) is 0 Å². The lowest BCUT2D eigenvalue weighted by atomic mass is 10.0. The van der Waals surface area contributed by atoms with Crippen LogP contribution in [0, 0.1) is 0 Å². The highest BCUT2D eigenvalue weighted by Crippen LogP contribution is 2.25. The van der Waals surface area contributed by atoms with Crippen LogP contribution in [-0.4, -0.2) is 20.0 Å². The van der Waals surface area contributed by atoms with E-state index >= 15 is 0 Å². The van der Waals surface area contributed by atoms with Gasteiger partial charge in [0.05, 0.1) is 6.61 Å². The van der Waals surface area contributed by atoms with E-state index in [9.17, 15) is 4.79 Å². The molecule has 3 nitrogen and oxygen atoms in total. The molecule has 17 heavy (non-hydrogen) atoms. The first-order chi connectivity index (χ1) is 8.35. The average molecular weight is 230 g/mol. The first-order valence-electron chi connectivity index (χ1n) is 5.47. The monoisotopic (exact) mass is 230 g/mol. The molecule has 0 fully saturated rings. The lowest BCUT2D eigenvalue weighted by molar-refractivity contribution is 0.110. The Kier molecular flexibility index (Phi) is 3.73. The minimum atomic E-state index is 0.349. The number of rotatable bonds is 5. The summed E-state index contributed by atoms with van der Waals surface area (Å²) in [6.45, 7) is 0.665. The van der Waals surface area contributed by atoms with Gasteiger partial charge in [-0.05, 0) is 24.1 Å². The van der Waals surface area contributed by atoms with Gasteiger partial charge in [-0.2, -0.15) is 0 Å². The first-order valence-corrected chi connectivity index (χ1v) is 5.47. The second-order valence-corrected chi connectivity index (χ2v) is 3.72. The van der Waals surface area contributed by atoms with Crippen LogP contribution in [0.1, 0.15) is 16.1 Å². The zero-order valence-corrected chi connectivity index (χ0v) is 9.68. The number of aldehydes is 1. The second kappa shape index (κ2) is 5.46. The van der Waals surface area contributed by atoms with Crippen LogP contribution in [0.25, 0.3) is 11.3 Å². The maximum absolute atomic E-state index is 10.6. The third kappa shape index (κ3) is 2.63. The molecule has 0 bridgehead atoms. The van der Waals surface area contributed by atoms with Gasteiger partial charge in [-0.25, -0.2) is 0 Å². The highest BCUT2D eigenvalue weighted by Gasteiger charge is 2.08. The van der Waals surface area contributed by atoms with E-state index in [2.05, 4.69) is 0 Å². The van der Waals surface area contributed by atoms with Crippen molar-refractivity contribution < 1.29 is 13.9 Å². The predicted molar refractivity (Wildman–Crippen MR) is 65.1 cm³/mol. The third-order valence-corrected chi connectivity index (χ3v) is 2.60. The summed E-state index contributed by atoms with van der Waals surface area (Å²) in [5, 5.41) is 0. The highest BCUT2D eigenvalue weighted by molar-refractivity contribution is 5.73. The van der Waals surface area contributed by atoms with E-state index in [-0.39, 0.29) is 0 Å². The molecule has 0 atom stereocenters. The zero-order chi connectivity index (χ0) is 12.1. The van der Waals surface area contributed by atoms with Crippen LogP contribution < -0.4 is 0 Å². The molecule has 2 rings (SSSR count). The number of methoxy groups -OCH3 is 1. The van der Waals surface area contributed by atoms with Crippen LogP contribution in [-0.2, 0) is 11.2 Å². The molecule has 0 N–H and O–H groups in total. The third-order valence-electron chi connectivity index (χ3n) is 2.60. The van der Waals surface area contributed by atoms with Gasteiger partial charge in [0.2, 0.25) is 0 Å². The molecule has 0 aliphatic heterocycles. The fourth-order valence-corrected chi connectivity index (χ4v) is 1.75. The van der Waals surface area contributed by atoms with Crippen molar-refractivity contribution in [2.24, 2.45) is 0 Å². The Morgan fingerprint density at radius 1 is 1.24 bits per heavy atom. The average Bonchev–Trinajstić information content (AvgIpc) is 2.85. The summed E-state index contributed by atoms with van der Waals surface area (Å²) in [6, 6.07) is 11.5. The molecule has 1 aromatic heterocycles. The largest absolute Gasteiger partial charge is 0.453 e. The van der Waals surface area contributed by atoms with Gasteiger partial charge in [-0.1, -0.05) is 24.3 Å². The molecule has 0 saturated heterocycles. The summed E-state index contributed by atoms with van der Waals surface area (Å²) in [7, 11) is 1.68. The zero-order valence-electron chi connectivity index (χ0n) is 9.68. The number of furan rings is 1. The molecule has 0 saturated carbocycles. The SMILES string of the molecule is COCCc1ccccc1-c1ccc(C=O)o1. The Balaban J connectivity index is 2.33. The van der Waals surface area contributed by atoms with E-state index in [0.717, 1.165) is 23.3 Å². The Morgan fingerprint density at radius 2 is 2.06 bits per heavy atom. The van der Waals surface area contributed by atoms with E-state index < -0.39 is 0 Å². The van der Waals surface area contributed by atoms with Crippen molar-refractivity contribution in [3.05, 3.63) is 47.7 Å². The molecule has 0 unspecified atom stereocenters. The van der Waals surface area contributed by atoms with Gasteiger partial charge in [0.15, 0.2) is 12.0 Å². The number of ether oxygens (including phenoxy) is 1. The summed E-state index contributed by atoms with van der Waals surface area (Å²) in [5.41, 5.74) is 2.17. The predicted octanol–water partition coefficient (Wildman–Crippen LogP) is 2.95. The van der Waals surface area contributed by atoms with Gasteiger partial charge < -0.3 is 9.15 Å². The molecule has 0 aliphatic carbocycles. The Labute approximate surface area is 100 Å². The van der Waals surface area contributed by atoms with E-state index in [1.807, 2.05) is 30.3 Å². The van der Waals surface area contributed by atoms with Gasteiger partial charge in [0, 0.05) is 12.7 Å². The molecule has 0 radical (unpaired) electrons. The van der Waals surface area contributed by atoms with Crippen molar-refractivity contribution in [3.8, 4) is 11.3 Å². The summed E-state index contributed by atoms with van der Waals surface area (Å²) in [4.78, 5) is 10.6. The van der Waals surface area contributed by atoms with Gasteiger partial charge in [0.25, 0.3) is 0 Å². The number of benzene rings is 1. The van der Waals surface area contributed by atoms with Gasteiger partial charge in [-0.3, -0.25) is 4.79 Å². The normalized spacial score (nSPS) is 10.4. The molecule has 88 valence electrons. The van der Waals surface area contributed by atoms with Gasteiger partial charge in [-0.15, -0.1) is 0 Å².